The second-order valence-corrected chi connectivity index (χ2v) is 4.15. The monoisotopic (exact) mass is 299 g/mol. The van der Waals surface area contributed by atoms with E-state index in [1.54, 1.807) is 12.1 Å². The first-order valence-corrected chi connectivity index (χ1v) is 6.40. The van der Waals surface area contributed by atoms with Gasteiger partial charge in [-0.25, -0.2) is 0 Å². The van der Waals surface area contributed by atoms with E-state index in [1.807, 2.05) is 12.1 Å². The maximum absolute atomic E-state index is 11.7. The normalized spacial score (nSPS) is 9.94. The number of carbonyl (C=O) groups is 2. The fourth-order valence-corrected chi connectivity index (χ4v) is 1.69. The van der Waals surface area contributed by atoms with Gasteiger partial charge in [0.05, 0.1) is 0 Å². The van der Waals surface area contributed by atoms with Gasteiger partial charge in [-0.15, -0.1) is 0 Å². The number of carbonyl (C=O) groups excluding carboxylic acids is 1. The molecule has 0 aliphatic carbocycles. The predicted octanol–water partition coefficient (Wildman–Crippen LogP) is 2.18. The molecule has 0 atom stereocenters. The molecule has 0 saturated carbocycles. The average Bonchev–Trinajstić information content (AvgIpc) is 2.34. The molecule has 92 valence electrons. The average molecular weight is 300 g/mol. The lowest BCUT2D eigenvalue weighted by atomic mass is 10.1. The largest absolute Gasteiger partial charge is 0.481 e. The minimum atomic E-state index is -0.847. The number of halogens is 1. The van der Waals surface area contributed by atoms with Crippen LogP contribution in [0, 0.1) is 0 Å². The van der Waals surface area contributed by atoms with Gasteiger partial charge in [0, 0.05) is 23.9 Å². The van der Waals surface area contributed by atoms with Gasteiger partial charge in [0.1, 0.15) is 0 Å². The predicted molar refractivity (Wildman–Crippen MR) is 68.3 cm³/mol. The number of nitrogens with one attached hydrogen (secondary N) is 1. The lowest BCUT2D eigenvalue weighted by Crippen LogP contribution is -2.24. The molecule has 0 heterocycles. The molecule has 0 aliphatic heterocycles. The Hall–Kier alpha value is -1.36. The van der Waals surface area contributed by atoms with Crippen molar-refractivity contribution >= 4 is 27.8 Å². The summed E-state index contributed by atoms with van der Waals surface area (Å²) in [6, 6.07) is 7.29. The molecular formula is C12H14BrNO3. The van der Waals surface area contributed by atoms with Crippen molar-refractivity contribution in [2.24, 2.45) is 0 Å². The molecule has 1 aromatic carbocycles. The van der Waals surface area contributed by atoms with Crippen molar-refractivity contribution in [3.63, 3.8) is 0 Å². The molecule has 2 N–H and O–H groups in total. The number of rotatable bonds is 6. The van der Waals surface area contributed by atoms with Crippen LogP contribution < -0.4 is 5.32 Å². The number of alkyl halides is 1. The summed E-state index contributed by atoms with van der Waals surface area (Å²) in [5.74, 6) is -1.02. The summed E-state index contributed by atoms with van der Waals surface area (Å²) >= 11 is 3.32. The van der Waals surface area contributed by atoms with E-state index >= 15 is 0 Å². The third-order valence-corrected chi connectivity index (χ3v) is 2.84. The van der Waals surface area contributed by atoms with Crippen molar-refractivity contribution in [2.75, 3.05) is 6.54 Å². The van der Waals surface area contributed by atoms with Gasteiger partial charge in [-0.1, -0.05) is 28.1 Å². The van der Waals surface area contributed by atoms with Gasteiger partial charge in [-0.3, -0.25) is 9.59 Å². The summed E-state index contributed by atoms with van der Waals surface area (Å²) in [6.45, 7) is 0.379. The Kier molecular flexibility index (Phi) is 5.69. The maximum Gasteiger partial charge on any atom is 0.303 e. The lowest BCUT2D eigenvalue weighted by Gasteiger charge is -2.05. The van der Waals surface area contributed by atoms with Crippen LogP contribution >= 0.6 is 15.9 Å². The van der Waals surface area contributed by atoms with Gasteiger partial charge in [0.15, 0.2) is 0 Å². The van der Waals surface area contributed by atoms with E-state index in [9.17, 15) is 9.59 Å². The van der Waals surface area contributed by atoms with Crippen molar-refractivity contribution in [1.29, 1.82) is 0 Å². The highest BCUT2D eigenvalue weighted by atomic mass is 79.9. The first-order chi connectivity index (χ1) is 8.13. The molecule has 0 aromatic heterocycles. The second kappa shape index (κ2) is 7.06. The molecule has 0 aliphatic rings. The molecule has 0 saturated heterocycles. The molecule has 0 radical (unpaired) electrons. The van der Waals surface area contributed by atoms with Crippen LogP contribution in [0.1, 0.15) is 28.8 Å². The van der Waals surface area contributed by atoms with Gasteiger partial charge in [-0.05, 0) is 24.1 Å². The molecule has 0 bridgehead atoms. The summed E-state index contributed by atoms with van der Waals surface area (Å²) in [6.07, 6.45) is 0.515. The van der Waals surface area contributed by atoms with Crippen molar-refractivity contribution in [1.82, 2.24) is 5.32 Å². The van der Waals surface area contributed by atoms with Crippen molar-refractivity contribution in [2.45, 2.75) is 18.2 Å². The number of hydrogen-bond donors (Lipinski definition) is 2. The first-order valence-electron chi connectivity index (χ1n) is 5.28. The molecule has 1 aromatic rings. The zero-order valence-corrected chi connectivity index (χ0v) is 10.9. The quantitative estimate of drug-likeness (QED) is 0.625. The van der Waals surface area contributed by atoms with E-state index in [-0.39, 0.29) is 12.3 Å². The summed E-state index contributed by atoms with van der Waals surface area (Å²) < 4.78 is 0. The van der Waals surface area contributed by atoms with Gasteiger partial charge in [-0.2, -0.15) is 0 Å². The molecular weight excluding hydrogens is 286 g/mol. The summed E-state index contributed by atoms with van der Waals surface area (Å²) in [7, 11) is 0. The molecule has 1 rings (SSSR count). The third-order valence-electron chi connectivity index (χ3n) is 2.20. The van der Waals surface area contributed by atoms with Crippen LogP contribution in [0.15, 0.2) is 24.3 Å². The smallest absolute Gasteiger partial charge is 0.303 e. The number of carboxylic acid groups (broad SMARTS) is 1. The Labute approximate surface area is 108 Å². The minimum absolute atomic E-state index is 0.0712. The molecule has 0 spiro atoms. The molecule has 4 nitrogen and oxygen atoms in total. The number of aliphatic carboxylic acids is 1. The van der Waals surface area contributed by atoms with Crippen molar-refractivity contribution < 1.29 is 14.7 Å². The fourth-order valence-electron chi connectivity index (χ4n) is 1.34. The first kappa shape index (κ1) is 13.7. The minimum Gasteiger partial charge on any atom is -0.481 e. The van der Waals surface area contributed by atoms with Gasteiger partial charge >= 0.3 is 5.97 Å². The van der Waals surface area contributed by atoms with Crippen LogP contribution in [-0.4, -0.2) is 23.5 Å². The zero-order chi connectivity index (χ0) is 12.7. The SMILES string of the molecule is O=C(O)CCCNC(=O)c1cccc(CBr)c1. The van der Waals surface area contributed by atoms with E-state index in [0.29, 0.717) is 23.9 Å². The highest BCUT2D eigenvalue weighted by molar-refractivity contribution is 9.08. The van der Waals surface area contributed by atoms with Crippen molar-refractivity contribution in [3.8, 4) is 0 Å². The van der Waals surface area contributed by atoms with E-state index < -0.39 is 5.97 Å². The Morgan fingerprint density at radius 2 is 2.12 bits per heavy atom. The standard InChI is InChI=1S/C12H14BrNO3/c13-8-9-3-1-4-10(7-9)12(17)14-6-2-5-11(15)16/h1,3-4,7H,2,5-6,8H2,(H,14,17)(H,15,16). The van der Waals surface area contributed by atoms with Crippen LogP contribution in [-0.2, 0) is 10.1 Å². The van der Waals surface area contributed by atoms with E-state index in [2.05, 4.69) is 21.2 Å². The molecule has 17 heavy (non-hydrogen) atoms. The van der Waals surface area contributed by atoms with Crippen LogP contribution in [0.2, 0.25) is 0 Å². The van der Waals surface area contributed by atoms with Crippen LogP contribution in [0.25, 0.3) is 0 Å². The van der Waals surface area contributed by atoms with E-state index in [1.165, 1.54) is 0 Å². The molecule has 0 unspecified atom stereocenters. The van der Waals surface area contributed by atoms with Crippen LogP contribution in [0.5, 0.6) is 0 Å². The van der Waals surface area contributed by atoms with E-state index in [0.717, 1.165) is 5.56 Å². The van der Waals surface area contributed by atoms with Gasteiger partial charge in [0.25, 0.3) is 5.91 Å². The Balaban J connectivity index is 2.43. The highest BCUT2D eigenvalue weighted by Crippen LogP contribution is 2.08. The number of amides is 1. The number of hydrogen-bond acceptors (Lipinski definition) is 2. The maximum atomic E-state index is 11.7. The van der Waals surface area contributed by atoms with Crippen LogP contribution in [0.4, 0.5) is 0 Å². The van der Waals surface area contributed by atoms with E-state index in [4.69, 9.17) is 5.11 Å². The molecule has 1 amide bonds. The lowest BCUT2D eigenvalue weighted by molar-refractivity contribution is -0.137. The molecule has 0 fully saturated rings. The van der Waals surface area contributed by atoms with Gasteiger partial charge < -0.3 is 10.4 Å². The number of carboxylic acids is 1. The number of benzene rings is 1. The van der Waals surface area contributed by atoms with Crippen molar-refractivity contribution in [3.05, 3.63) is 35.4 Å². The third kappa shape index (κ3) is 4.99. The topological polar surface area (TPSA) is 66.4 Å². The van der Waals surface area contributed by atoms with Crippen LogP contribution in [0.3, 0.4) is 0 Å². The molecule has 5 heteroatoms. The highest BCUT2D eigenvalue weighted by Gasteiger charge is 2.05. The summed E-state index contributed by atoms with van der Waals surface area (Å²) in [5, 5.41) is 11.8. The zero-order valence-electron chi connectivity index (χ0n) is 9.28. The Bertz CT molecular complexity index is 406. The fraction of sp³-hybridized carbons (Fsp3) is 0.333. The summed E-state index contributed by atoms with van der Waals surface area (Å²) in [5.41, 5.74) is 1.63. The Morgan fingerprint density at radius 1 is 1.35 bits per heavy atom. The Morgan fingerprint density at radius 3 is 2.76 bits per heavy atom. The van der Waals surface area contributed by atoms with Gasteiger partial charge in [0.2, 0.25) is 0 Å². The summed E-state index contributed by atoms with van der Waals surface area (Å²) in [4.78, 5) is 22.0. The second-order valence-electron chi connectivity index (χ2n) is 3.59.